The van der Waals surface area contributed by atoms with Crippen molar-refractivity contribution in [1.82, 2.24) is 5.32 Å². The van der Waals surface area contributed by atoms with Crippen molar-refractivity contribution < 1.29 is 14.7 Å². The molecule has 0 radical (unpaired) electrons. The second-order valence-electron chi connectivity index (χ2n) is 6.04. The zero-order chi connectivity index (χ0) is 15.8. The molecule has 1 aliphatic carbocycles. The maximum Gasteiger partial charge on any atom is 0.308 e. The van der Waals surface area contributed by atoms with Crippen molar-refractivity contribution in [2.24, 2.45) is 5.92 Å². The minimum Gasteiger partial charge on any atom is -0.481 e. The van der Waals surface area contributed by atoms with Gasteiger partial charge in [-0.1, -0.05) is 31.7 Å². The molecular weight excluding hydrogens is 298 g/mol. The number of aliphatic carboxylic acids is 1. The van der Waals surface area contributed by atoms with Gasteiger partial charge in [0.2, 0.25) is 5.91 Å². The fourth-order valence-electron chi connectivity index (χ4n) is 3.11. The first-order valence-electron chi connectivity index (χ1n) is 8.21. The zero-order valence-corrected chi connectivity index (χ0v) is 13.7. The molecule has 0 aromatic carbocycles. The normalized spacial score (nSPS) is 22.5. The molecule has 5 heteroatoms. The van der Waals surface area contributed by atoms with Crippen LogP contribution in [-0.4, -0.2) is 23.0 Å². The lowest BCUT2D eigenvalue weighted by Crippen LogP contribution is -2.43. The number of hydrogen-bond acceptors (Lipinski definition) is 3. The van der Waals surface area contributed by atoms with Gasteiger partial charge in [-0.3, -0.25) is 9.59 Å². The third kappa shape index (κ3) is 5.44. The molecule has 2 N–H and O–H groups in total. The number of carboxylic acids is 1. The molecule has 1 aromatic rings. The molecule has 1 aromatic heterocycles. The van der Waals surface area contributed by atoms with Crippen molar-refractivity contribution in [2.75, 3.05) is 0 Å². The highest BCUT2D eigenvalue weighted by atomic mass is 32.1. The predicted molar refractivity (Wildman–Crippen MR) is 88.0 cm³/mol. The first-order chi connectivity index (χ1) is 10.7. The van der Waals surface area contributed by atoms with Crippen LogP contribution in [0.15, 0.2) is 17.5 Å². The maximum atomic E-state index is 12.1. The number of amides is 1. The van der Waals surface area contributed by atoms with Crippen LogP contribution in [0.5, 0.6) is 0 Å². The number of nitrogens with one attached hydrogen (secondary N) is 1. The highest BCUT2D eigenvalue weighted by molar-refractivity contribution is 7.09. The Hall–Kier alpha value is -1.36. The third-order valence-electron chi connectivity index (χ3n) is 4.34. The van der Waals surface area contributed by atoms with Crippen LogP contribution in [0.1, 0.15) is 56.2 Å². The predicted octanol–water partition coefficient (Wildman–Crippen LogP) is 3.61. The number of thiophene rings is 1. The van der Waals surface area contributed by atoms with Crippen LogP contribution < -0.4 is 5.32 Å². The number of hydrogen-bond donors (Lipinski definition) is 2. The number of aryl methyl sites for hydroxylation is 1. The van der Waals surface area contributed by atoms with Gasteiger partial charge in [0.1, 0.15) is 0 Å². The number of carboxylic acid groups (broad SMARTS) is 1. The monoisotopic (exact) mass is 323 g/mol. The Morgan fingerprint density at radius 3 is 2.68 bits per heavy atom. The number of carbonyl (C=O) groups excluding carboxylic acids is 1. The summed E-state index contributed by atoms with van der Waals surface area (Å²) < 4.78 is 0. The molecule has 0 saturated heterocycles. The topological polar surface area (TPSA) is 66.4 Å². The summed E-state index contributed by atoms with van der Waals surface area (Å²) in [4.78, 5) is 24.8. The zero-order valence-electron chi connectivity index (χ0n) is 12.9. The summed E-state index contributed by atoms with van der Waals surface area (Å²) in [7, 11) is 0. The van der Waals surface area contributed by atoms with Gasteiger partial charge in [-0.25, -0.2) is 0 Å². The van der Waals surface area contributed by atoms with E-state index in [0.29, 0.717) is 12.8 Å². The molecule has 1 saturated carbocycles. The van der Waals surface area contributed by atoms with Crippen LogP contribution in [0.3, 0.4) is 0 Å². The van der Waals surface area contributed by atoms with Crippen LogP contribution in [0.25, 0.3) is 0 Å². The molecule has 2 unspecified atom stereocenters. The molecule has 22 heavy (non-hydrogen) atoms. The summed E-state index contributed by atoms with van der Waals surface area (Å²) in [6, 6.07) is 3.90. The Labute approximate surface area is 135 Å². The van der Waals surface area contributed by atoms with Gasteiger partial charge >= 0.3 is 5.97 Å². The Morgan fingerprint density at radius 2 is 2.00 bits per heavy atom. The SMILES string of the molecule is O=C(CCCc1cccs1)NC1CCCCCCC1C(=O)O. The van der Waals surface area contributed by atoms with Crippen LogP contribution in [0.4, 0.5) is 0 Å². The molecule has 0 spiro atoms. The van der Waals surface area contributed by atoms with Gasteiger partial charge in [0.15, 0.2) is 0 Å². The molecule has 2 atom stereocenters. The smallest absolute Gasteiger partial charge is 0.308 e. The minimum absolute atomic E-state index is 0.00613. The lowest BCUT2D eigenvalue weighted by Gasteiger charge is -2.27. The van der Waals surface area contributed by atoms with E-state index in [1.54, 1.807) is 11.3 Å². The van der Waals surface area contributed by atoms with Gasteiger partial charge < -0.3 is 10.4 Å². The van der Waals surface area contributed by atoms with Gasteiger partial charge in [0, 0.05) is 17.3 Å². The molecule has 2 rings (SSSR count). The van der Waals surface area contributed by atoms with E-state index in [4.69, 9.17) is 0 Å². The average Bonchev–Trinajstić information content (AvgIpc) is 2.94. The summed E-state index contributed by atoms with van der Waals surface area (Å²) in [6.45, 7) is 0. The highest BCUT2D eigenvalue weighted by Gasteiger charge is 2.29. The first kappa shape index (κ1) is 17.0. The fraction of sp³-hybridized carbons (Fsp3) is 0.647. The molecule has 1 fully saturated rings. The molecule has 4 nitrogen and oxygen atoms in total. The van der Waals surface area contributed by atoms with E-state index in [-0.39, 0.29) is 11.9 Å². The van der Waals surface area contributed by atoms with Crippen molar-refractivity contribution in [1.29, 1.82) is 0 Å². The van der Waals surface area contributed by atoms with E-state index in [1.807, 2.05) is 11.4 Å². The van der Waals surface area contributed by atoms with Crippen LogP contribution in [-0.2, 0) is 16.0 Å². The molecule has 1 heterocycles. The van der Waals surface area contributed by atoms with Gasteiger partial charge in [0.25, 0.3) is 0 Å². The van der Waals surface area contributed by atoms with Gasteiger partial charge in [-0.15, -0.1) is 11.3 Å². The molecular formula is C17H25NO3S. The molecule has 0 bridgehead atoms. The number of rotatable bonds is 6. The summed E-state index contributed by atoms with van der Waals surface area (Å²) in [5.74, 6) is -1.21. The quantitative estimate of drug-likeness (QED) is 0.840. The van der Waals surface area contributed by atoms with Crippen molar-refractivity contribution in [3.8, 4) is 0 Å². The second kappa shape index (κ2) is 8.93. The Bertz CT molecular complexity index is 472. The van der Waals surface area contributed by atoms with E-state index in [0.717, 1.165) is 44.9 Å². The largest absolute Gasteiger partial charge is 0.481 e. The van der Waals surface area contributed by atoms with E-state index >= 15 is 0 Å². The Kier molecular flexibility index (Phi) is 6.90. The summed E-state index contributed by atoms with van der Waals surface area (Å²) in [5, 5.41) is 14.4. The minimum atomic E-state index is -0.772. The highest BCUT2D eigenvalue weighted by Crippen LogP contribution is 2.23. The van der Waals surface area contributed by atoms with E-state index < -0.39 is 11.9 Å². The van der Waals surface area contributed by atoms with Crippen molar-refractivity contribution in [2.45, 2.75) is 63.8 Å². The summed E-state index contributed by atoms with van der Waals surface area (Å²) >= 11 is 1.71. The van der Waals surface area contributed by atoms with E-state index in [2.05, 4.69) is 11.4 Å². The van der Waals surface area contributed by atoms with Crippen LogP contribution in [0, 0.1) is 5.92 Å². The van der Waals surface area contributed by atoms with Crippen molar-refractivity contribution >= 4 is 23.2 Å². The standard InChI is InChI=1S/C17H25NO3S/c19-16(11-5-7-13-8-6-12-22-13)18-15-10-4-2-1-3-9-14(15)17(20)21/h6,8,12,14-15H,1-5,7,9-11H2,(H,18,19)(H,20,21). The van der Waals surface area contributed by atoms with Crippen LogP contribution >= 0.6 is 11.3 Å². The lowest BCUT2D eigenvalue weighted by atomic mass is 9.86. The third-order valence-corrected chi connectivity index (χ3v) is 5.27. The lowest BCUT2D eigenvalue weighted by molar-refractivity contribution is -0.143. The fourth-order valence-corrected chi connectivity index (χ4v) is 3.86. The second-order valence-corrected chi connectivity index (χ2v) is 7.08. The first-order valence-corrected chi connectivity index (χ1v) is 9.09. The van der Waals surface area contributed by atoms with E-state index in [1.165, 1.54) is 4.88 Å². The average molecular weight is 323 g/mol. The van der Waals surface area contributed by atoms with Crippen molar-refractivity contribution in [3.05, 3.63) is 22.4 Å². The number of carbonyl (C=O) groups is 2. The van der Waals surface area contributed by atoms with Crippen LogP contribution in [0.2, 0.25) is 0 Å². The van der Waals surface area contributed by atoms with Gasteiger partial charge in [-0.05, 0) is 37.1 Å². The Morgan fingerprint density at radius 1 is 1.23 bits per heavy atom. The van der Waals surface area contributed by atoms with E-state index in [9.17, 15) is 14.7 Å². The van der Waals surface area contributed by atoms with Gasteiger partial charge in [-0.2, -0.15) is 0 Å². The summed E-state index contributed by atoms with van der Waals surface area (Å²) in [5.41, 5.74) is 0. The maximum absolute atomic E-state index is 12.1. The van der Waals surface area contributed by atoms with Gasteiger partial charge in [0.05, 0.1) is 5.92 Å². The van der Waals surface area contributed by atoms with Crippen molar-refractivity contribution in [3.63, 3.8) is 0 Å². The Balaban J connectivity index is 1.79. The molecule has 0 aliphatic heterocycles. The molecule has 1 amide bonds. The molecule has 1 aliphatic rings. The summed E-state index contributed by atoms with van der Waals surface area (Å²) in [6.07, 6.45) is 7.85. The molecule has 122 valence electrons.